The number of para-hydroxylation sites is 1. The molecule has 13 heavy (non-hydrogen) atoms. The lowest BCUT2D eigenvalue weighted by Crippen LogP contribution is -1.94. The predicted molar refractivity (Wildman–Crippen MR) is 59.0 cm³/mol. The van der Waals surface area contributed by atoms with Crippen molar-refractivity contribution < 1.29 is 8.22 Å². The Morgan fingerprint density at radius 3 is 2.69 bits per heavy atom. The normalized spacial score (nSPS) is 16.8. The second-order valence-corrected chi connectivity index (χ2v) is 3.65. The quantitative estimate of drug-likeness (QED) is 0.789. The third-order valence-electron chi connectivity index (χ3n) is 1.29. The largest absolute Gasteiger partial charge is 0.239 e. The van der Waals surface area contributed by atoms with E-state index < -0.39 is 6.04 Å². The molecule has 4 heteroatoms. The van der Waals surface area contributed by atoms with Gasteiger partial charge in [0.25, 0.3) is 0 Å². The molecular formula is C9H6Br2N2. The maximum Gasteiger partial charge on any atom is 0.128 e. The molecule has 2 rings (SSSR count). The van der Waals surface area contributed by atoms with Crippen LogP contribution in [0.25, 0.3) is 5.69 Å². The van der Waals surface area contributed by atoms with Crippen molar-refractivity contribution >= 4 is 31.9 Å². The van der Waals surface area contributed by atoms with E-state index in [-0.39, 0.29) is 45.1 Å². The van der Waals surface area contributed by atoms with Crippen LogP contribution in [0.4, 0.5) is 0 Å². The molecule has 2 aromatic rings. The molecule has 0 atom stereocenters. The Kier molecular flexibility index (Phi) is 1.20. The molecule has 0 aliphatic rings. The number of halogens is 2. The zero-order valence-corrected chi connectivity index (χ0v) is 9.32. The summed E-state index contributed by atoms with van der Waals surface area (Å²) in [5.74, 6) is 0. The van der Waals surface area contributed by atoms with E-state index in [0.717, 1.165) is 4.68 Å². The van der Waals surface area contributed by atoms with Gasteiger partial charge in [0.1, 0.15) is 4.60 Å². The van der Waals surface area contributed by atoms with Crippen LogP contribution in [0.3, 0.4) is 0 Å². The Morgan fingerprint density at radius 2 is 2.00 bits per heavy atom. The van der Waals surface area contributed by atoms with Crippen LogP contribution >= 0.6 is 31.9 Å². The van der Waals surface area contributed by atoms with Gasteiger partial charge in [-0.25, -0.2) is 4.68 Å². The summed E-state index contributed by atoms with van der Waals surface area (Å²) in [5, 5.41) is 3.89. The van der Waals surface area contributed by atoms with Gasteiger partial charge in [-0.15, -0.1) is 0 Å². The summed E-state index contributed by atoms with van der Waals surface area (Å²) < 4.78 is 47.3. The van der Waals surface area contributed by atoms with Gasteiger partial charge in [0.15, 0.2) is 0 Å². The van der Waals surface area contributed by atoms with E-state index in [1.54, 1.807) is 0 Å². The summed E-state index contributed by atoms with van der Waals surface area (Å²) in [7, 11) is 0. The van der Waals surface area contributed by atoms with Gasteiger partial charge in [0.05, 0.1) is 13.9 Å². The molecule has 0 fully saturated rings. The fourth-order valence-corrected chi connectivity index (χ4v) is 1.39. The van der Waals surface area contributed by atoms with Gasteiger partial charge in [-0.3, -0.25) is 0 Å². The van der Waals surface area contributed by atoms with Crippen LogP contribution in [0.2, 0.25) is 0 Å². The minimum atomic E-state index is -0.416. The molecule has 1 heterocycles. The number of hydrogen-bond donors (Lipinski definition) is 0. The first-order valence-corrected chi connectivity index (χ1v) is 4.83. The first kappa shape index (κ1) is 4.28. The molecule has 1 aromatic heterocycles. The molecule has 0 aliphatic carbocycles. The van der Waals surface area contributed by atoms with Gasteiger partial charge in [-0.1, -0.05) is 12.1 Å². The van der Waals surface area contributed by atoms with Crippen LogP contribution in [0.5, 0.6) is 0 Å². The Bertz CT molecular complexity index is 655. The summed E-state index contributed by atoms with van der Waals surface area (Å²) in [6.45, 7) is 0. The highest BCUT2D eigenvalue weighted by molar-refractivity contribution is 9.10. The van der Waals surface area contributed by atoms with Gasteiger partial charge < -0.3 is 0 Å². The van der Waals surface area contributed by atoms with Crippen molar-refractivity contribution in [3.05, 3.63) is 45.5 Å². The lowest BCUT2D eigenvalue weighted by atomic mass is 10.3. The van der Waals surface area contributed by atoms with Crippen LogP contribution in [0.15, 0.2) is 45.5 Å². The van der Waals surface area contributed by atoms with E-state index >= 15 is 0 Å². The van der Waals surface area contributed by atoms with Gasteiger partial charge in [0.2, 0.25) is 0 Å². The third kappa shape index (κ3) is 1.84. The maximum atomic E-state index is 7.85. The van der Waals surface area contributed by atoms with Crippen molar-refractivity contribution in [2.75, 3.05) is 0 Å². The van der Waals surface area contributed by atoms with Gasteiger partial charge in [0, 0.05) is 10.6 Å². The number of benzene rings is 1. The van der Waals surface area contributed by atoms with Crippen molar-refractivity contribution in [2.24, 2.45) is 0 Å². The molecule has 0 N–H and O–H groups in total. The van der Waals surface area contributed by atoms with E-state index in [1.807, 2.05) is 0 Å². The topological polar surface area (TPSA) is 17.8 Å². The van der Waals surface area contributed by atoms with Crippen LogP contribution in [-0.2, 0) is 0 Å². The van der Waals surface area contributed by atoms with E-state index in [4.69, 9.17) is 8.22 Å². The third-order valence-corrected chi connectivity index (χ3v) is 2.22. The Balaban J connectivity index is 2.87. The minimum Gasteiger partial charge on any atom is -0.239 e. The second-order valence-electron chi connectivity index (χ2n) is 2.10. The number of rotatable bonds is 1. The summed E-state index contributed by atoms with van der Waals surface area (Å²) >= 11 is 6.11. The zero-order valence-electron chi connectivity index (χ0n) is 12.2. The van der Waals surface area contributed by atoms with E-state index in [2.05, 4.69) is 37.0 Å². The summed E-state index contributed by atoms with van der Waals surface area (Å²) in [6, 6.07) is -1.52. The Morgan fingerprint density at radius 1 is 1.23 bits per heavy atom. The van der Waals surface area contributed by atoms with Crippen molar-refractivity contribution in [1.29, 1.82) is 0 Å². The van der Waals surface area contributed by atoms with E-state index in [0.29, 0.717) is 0 Å². The van der Waals surface area contributed by atoms with Gasteiger partial charge in [-0.2, -0.15) is 5.10 Å². The Labute approximate surface area is 101 Å². The molecule has 0 bridgehead atoms. The van der Waals surface area contributed by atoms with Crippen molar-refractivity contribution in [3.63, 3.8) is 0 Å². The minimum absolute atomic E-state index is 0.00944. The molecule has 0 amide bonds. The molecule has 0 unspecified atom stereocenters. The standard InChI is InChI=1S/C9H6Br2N2/c10-7-3-1-2-4-8(7)13-6-5-9(11)12-13/h1-6H/i1D,2D,3D,4D,5D,6D. The Hall–Kier alpha value is -0.610. The van der Waals surface area contributed by atoms with Gasteiger partial charge in [-0.05, 0) is 50.0 Å². The molecule has 2 nitrogen and oxygen atoms in total. The summed E-state index contributed by atoms with van der Waals surface area (Å²) in [6.07, 6.45) is -0.266. The highest BCUT2D eigenvalue weighted by atomic mass is 79.9. The molecule has 66 valence electrons. The fourth-order valence-electron chi connectivity index (χ4n) is 0.779. The maximum absolute atomic E-state index is 7.85. The first-order valence-electron chi connectivity index (χ1n) is 6.25. The summed E-state index contributed by atoms with van der Waals surface area (Å²) in [5.41, 5.74) is 0.00944. The number of hydrogen-bond acceptors (Lipinski definition) is 1. The average Bonchev–Trinajstić information content (AvgIpc) is 2.62. The molecule has 0 saturated carbocycles. The molecule has 0 saturated heterocycles. The van der Waals surface area contributed by atoms with Crippen LogP contribution in [-0.4, -0.2) is 9.78 Å². The fraction of sp³-hybridized carbons (Fsp3) is 0. The smallest absolute Gasteiger partial charge is 0.128 e. The molecule has 0 radical (unpaired) electrons. The van der Waals surface area contributed by atoms with Crippen LogP contribution in [0.1, 0.15) is 8.22 Å². The average molecular weight is 308 g/mol. The molecule has 0 aliphatic heterocycles. The van der Waals surface area contributed by atoms with Crippen LogP contribution in [0, 0.1) is 0 Å². The molecular weight excluding hydrogens is 296 g/mol. The van der Waals surface area contributed by atoms with Crippen molar-refractivity contribution in [2.45, 2.75) is 0 Å². The zero-order chi connectivity index (χ0) is 14.5. The van der Waals surface area contributed by atoms with E-state index in [9.17, 15) is 0 Å². The molecule has 1 aromatic carbocycles. The highest BCUT2D eigenvalue weighted by Gasteiger charge is 2.01. The monoisotopic (exact) mass is 306 g/mol. The van der Waals surface area contributed by atoms with E-state index in [1.165, 1.54) is 0 Å². The highest BCUT2D eigenvalue weighted by Crippen LogP contribution is 2.20. The van der Waals surface area contributed by atoms with Crippen molar-refractivity contribution in [3.8, 4) is 5.69 Å². The number of aromatic nitrogens is 2. The first-order chi connectivity index (χ1) is 8.77. The lowest BCUT2D eigenvalue weighted by Gasteiger charge is -2.02. The lowest BCUT2D eigenvalue weighted by molar-refractivity contribution is 0.866. The second kappa shape index (κ2) is 3.64. The van der Waals surface area contributed by atoms with Crippen molar-refractivity contribution in [1.82, 2.24) is 9.78 Å². The van der Waals surface area contributed by atoms with Gasteiger partial charge >= 0.3 is 0 Å². The number of nitrogens with zero attached hydrogens (tertiary/aromatic N) is 2. The predicted octanol–water partition coefficient (Wildman–Crippen LogP) is 3.40. The summed E-state index contributed by atoms with van der Waals surface area (Å²) in [4.78, 5) is 0. The molecule has 0 spiro atoms. The van der Waals surface area contributed by atoms with Crippen LogP contribution < -0.4 is 0 Å². The SMILES string of the molecule is [2H]c1c([2H])c([2H])c(-n2nc(Br)c([2H])c2[2H])c(Br)c1[2H].